The molecule has 2 aromatic carbocycles. The van der Waals surface area contributed by atoms with Gasteiger partial charge >= 0.3 is 0 Å². The summed E-state index contributed by atoms with van der Waals surface area (Å²) in [5.41, 5.74) is 7.37. The van der Waals surface area contributed by atoms with Crippen LogP contribution in [0.5, 0.6) is 11.5 Å². The average molecular weight is 795 g/mol. The molecule has 17 nitrogen and oxygen atoms in total. The van der Waals surface area contributed by atoms with Gasteiger partial charge in [0, 0.05) is 22.9 Å². The standard InChI is InChI=1S/C31H37Cl2N11O6S2/c1-21-36-38-40-42(21)34-19-23-8-10-29(45)27(16-23)31(28-17-24(9-11-30(28)46)20-35-43-22(2)37-39-41-43)25-6-3-7-26(18-25)44(51(47,48)14-4-12-32)52(49,50)15-5-13-33/h3,7-11,16-22,45-46H,4-6,12-15H2,1-2H3,(H,36,40)(H,37,41). The smallest absolute Gasteiger partial charge is 0.248 e. The molecule has 2 heterocycles. The van der Waals surface area contributed by atoms with Crippen LogP contribution < -0.4 is 11.1 Å². The lowest BCUT2D eigenvalue weighted by atomic mass is 9.87. The molecule has 0 bridgehead atoms. The number of hydrogen-bond acceptors (Lipinski definition) is 16. The molecule has 0 saturated heterocycles. The van der Waals surface area contributed by atoms with Crippen molar-refractivity contribution in [2.24, 2.45) is 30.9 Å². The van der Waals surface area contributed by atoms with E-state index in [1.54, 1.807) is 44.2 Å². The van der Waals surface area contributed by atoms with Gasteiger partial charge < -0.3 is 10.2 Å². The Labute approximate surface area is 311 Å². The van der Waals surface area contributed by atoms with Gasteiger partial charge in [-0.2, -0.15) is 35.2 Å². The lowest BCUT2D eigenvalue weighted by Gasteiger charge is -2.27. The third-order valence-electron chi connectivity index (χ3n) is 7.75. The Balaban J connectivity index is 1.71. The molecule has 5 rings (SSSR count). The minimum absolute atomic E-state index is 0.00334. The molecule has 2 aromatic rings. The first kappa shape index (κ1) is 38.5. The van der Waals surface area contributed by atoms with Gasteiger partial charge in [-0.1, -0.05) is 16.5 Å². The number of allylic oxidation sites excluding steroid dienone is 4. The molecule has 0 radical (unpaired) electrons. The van der Waals surface area contributed by atoms with Crippen molar-refractivity contribution in [2.75, 3.05) is 23.3 Å². The minimum Gasteiger partial charge on any atom is -0.507 e. The first-order valence-electron chi connectivity index (χ1n) is 16.0. The summed E-state index contributed by atoms with van der Waals surface area (Å²) in [5, 5.41) is 49.6. The van der Waals surface area contributed by atoms with Crippen molar-refractivity contribution in [3.8, 4) is 11.5 Å². The molecule has 52 heavy (non-hydrogen) atoms. The number of hydrogen-bond donors (Lipinski definition) is 4. The second-order valence-electron chi connectivity index (χ2n) is 11.6. The summed E-state index contributed by atoms with van der Waals surface area (Å²) in [7, 11) is -8.86. The van der Waals surface area contributed by atoms with Gasteiger partial charge in [-0.25, -0.2) is 16.8 Å². The van der Waals surface area contributed by atoms with E-state index in [1.807, 2.05) is 0 Å². The molecule has 0 fully saturated rings. The Morgan fingerprint density at radius 2 is 1.35 bits per heavy atom. The predicted octanol–water partition coefficient (Wildman–Crippen LogP) is 4.70. The SMILES string of the molecule is CC1N=NNN1N=Cc1ccc(O)c(C(=C2C=C(N(S(=O)(=O)CCCCl)S(=O)(=O)CCCCl)C=CC2)c2cc(C=NN3NN=NC3C)ccc2O)c1. The number of aromatic hydroxyl groups is 2. The van der Waals surface area contributed by atoms with Crippen LogP contribution in [0.15, 0.2) is 96.8 Å². The number of phenols is 2. The lowest BCUT2D eigenvalue weighted by Crippen LogP contribution is -2.39. The van der Waals surface area contributed by atoms with Crippen LogP contribution >= 0.6 is 23.2 Å². The Kier molecular flexibility index (Phi) is 12.4. The van der Waals surface area contributed by atoms with Crippen molar-refractivity contribution in [2.45, 2.75) is 45.4 Å². The summed E-state index contributed by atoms with van der Waals surface area (Å²) in [6, 6.07) is 9.41. The number of halogens is 2. The van der Waals surface area contributed by atoms with Gasteiger partial charge in [0.15, 0.2) is 12.3 Å². The largest absolute Gasteiger partial charge is 0.507 e. The summed E-state index contributed by atoms with van der Waals surface area (Å²) < 4.78 is 55.0. The number of alkyl halides is 2. The highest BCUT2D eigenvalue weighted by Crippen LogP contribution is 2.41. The lowest BCUT2D eigenvalue weighted by molar-refractivity contribution is 0.193. The number of sulfonamides is 2. The molecular formula is C31H37Cl2N11O6S2. The van der Waals surface area contributed by atoms with Crippen LogP contribution in [0.4, 0.5) is 0 Å². The van der Waals surface area contributed by atoms with Crippen LogP contribution in [0.3, 0.4) is 0 Å². The molecule has 0 saturated carbocycles. The van der Waals surface area contributed by atoms with Gasteiger partial charge in [0.05, 0.1) is 29.6 Å². The average Bonchev–Trinajstić information content (AvgIpc) is 3.73. The molecule has 278 valence electrons. The number of nitrogens with one attached hydrogen (secondary N) is 2. The molecule has 0 spiro atoms. The van der Waals surface area contributed by atoms with E-state index < -0.39 is 31.6 Å². The molecule has 2 aliphatic heterocycles. The van der Waals surface area contributed by atoms with Gasteiger partial charge in [0.1, 0.15) is 11.5 Å². The van der Waals surface area contributed by atoms with E-state index in [9.17, 15) is 27.0 Å². The van der Waals surface area contributed by atoms with Crippen LogP contribution in [0, 0.1) is 0 Å². The number of hydrazine groups is 2. The molecule has 4 N–H and O–H groups in total. The normalized spacial score (nSPS) is 18.8. The summed E-state index contributed by atoms with van der Waals surface area (Å²) in [6.45, 7) is 3.56. The van der Waals surface area contributed by atoms with Gasteiger partial charge in [-0.3, -0.25) is 0 Å². The van der Waals surface area contributed by atoms with Gasteiger partial charge in [-0.05, 0) is 104 Å². The quantitative estimate of drug-likeness (QED) is 0.144. The fraction of sp³-hybridized carbons (Fsp3) is 0.355. The zero-order valence-corrected chi connectivity index (χ0v) is 31.2. The van der Waals surface area contributed by atoms with Crippen LogP contribution in [0.2, 0.25) is 0 Å². The van der Waals surface area contributed by atoms with E-state index in [1.165, 1.54) is 46.9 Å². The second kappa shape index (κ2) is 16.7. The summed E-state index contributed by atoms with van der Waals surface area (Å²) >= 11 is 11.6. The first-order valence-corrected chi connectivity index (χ1v) is 20.3. The maximum absolute atomic E-state index is 13.6. The van der Waals surface area contributed by atoms with Gasteiger partial charge in [0.25, 0.3) is 0 Å². The minimum atomic E-state index is -4.43. The van der Waals surface area contributed by atoms with E-state index in [0.29, 0.717) is 20.4 Å². The maximum Gasteiger partial charge on any atom is 0.248 e. The van der Waals surface area contributed by atoms with Crippen molar-refractivity contribution in [3.63, 3.8) is 0 Å². The number of phenolic OH excluding ortho intramolecular Hbond substituents is 2. The van der Waals surface area contributed by atoms with E-state index in [-0.39, 0.29) is 77.3 Å². The molecule has 0 amide bonds. The number of rotatable bonds is 15. The molecule has 3 aliphatic rings. The van der Waals surface area contributed by atoms with E-state index in [0.717, 1.165) is 0 Å². The highest BCUT2D eigenvalue weighted by molar-refractivity contribution is 8.04. The third-order valence-corrected chi connectivity index (χ3v) is 12.7. The molecular weight excluding hydrogens is 757 g/mol. The van der Waals surface area contributed by atoms with Gasteiger partial charge in [0.2, 0.25) is 20.0 Å². The van der Waals surface area contributed by atoms with Crippen molar-refractivity contribution in [3.05, 3.63) is 88.2 Å². The predicted molar refractivity (Wildman–Crippen MR) is 198 cm³/mol. The summed E-state index contributed by atoms with van der Waals surface area (Å²) in [5.74, 6) is -1.39. The van der Waals surface area contributed by atoms with Crippen LogP contribution in [0.1, 0.15) is 55.4 Å². The van der Waals surface area contributed by atoms with E-state index in [4.69, 9.17) is 23.2 Å². The molecule has 2 unspecified atom stereocenters. The topological polar surface area (TPSA) is 217 Å². The van der Waals surface area contributed by atoms with Crippen molar-refractivity contribution in [1.82, 2.24) is 25.0 Å². The Morgan fingerprint density at radius 3 is 1.77 bits per heavy atom. The van der Waals surface area contributed by atoms with Gasteiger partial charge in [-0.15, -0.1) is 33.4 Å². The first-order chi connectivity index (χ1) is 24.8. The van der Waals surface area contributed by atoms with Crippen molar-refractivity contribution < 1.29 is 27.0 Å². The van der Waals surface area contributed by atoms with E-state index >= 15 is 0 Å². The summed E-state index contributed by atoms with van der Waals surface area (Å²) in [6.07, 6.45) is 6.94. The van der Waals surface area contributed by atoms with E-state index in [2.05, 4.69) is 41.9 Å². The monoisotopic (exact) mass is 793 g/mol. The zero-order valence-electron chi connectivity index (χ0n) is 28.1. The number of nitrogens with zero attached hydrogens (tertiary/aromatic N) is 9. The zero-order chi connectivity index (χ0) is 37.5. The third kappa shape index (κ3) is 9.01. The maximum atomic E-state index is 13.6. The summed E-state index contributed by atoms with van der Waals surface area (Å²) in [4.78, 5) is 0. The fourth-order valence-electron chi connectivity index (χ4n) is 5.25. The Morgan fingerprint density at radius 1 is 0.865 bits per heavy atom. The van der Waals surface area contributed by atoms with Crippen LogP contribution in [-0.2, 0) is 20.0 Å². The van der Waals surface area contributed by atoms with Crippen molar-refractivity contribution in [1.29, 1.82) is 0 Å². The number of hydrazone groups is 2. The second-order valence-corrected chi connectivity index (χ2v) is 16.5. The number of benzene rings is 2. The van der Waals surface area contributed by atoms with Crippen LogP contribution in [0.25, 0.3) is 5.57 Å². The highest BCUT2D eigenvalue weighted by Gasteiger charge is 2.35. The Hall–Kier alpha value is -4.72. The van der Waals surface area contributed by atoms with Crippen LogP contribution in [-0.4, -0.2) is 89.0 Å². The molecule has 0 aromatic heterocycles. The highest BCUT2D eigenvalue weighted by atomic mass is 35.5. The molecule has 1 aliphatic carbocycles. The Bertz CT molecular complexity index is 1960. The molecule has 21 heteroatoms. The fourth-order valence-corrected chi connectivity index (χ4v) is 9.89. The molecule has 2 atom stereocenters. The van der Waals surface area contributed by atoms with Crippen molar-refractivity contribution >= 4 is 61.3 Å².